The highest BCUT2D eigenvalue weighted by Gasteiger charge is 2.16. The third kappa shape index (κ3) is 1.98. The lowest BCUT2D eigenvalue weighted by atomic mass is 10.4. The molecule has 0 saturated heterocycles. The maximum absolute atomic E-state index is 11.3. The van der Waals surface area contributed by atoms with E-state index in [0.29, 0.717) is 5.69 Å². The van der Waals surface area contributed by atoms with Gasteiger partial charge in [-0.3, -0.25) is 10.4 Å². The second-order valence-corrected chi connectivity index (χ2v) is 2.48. The van der Waals surface area contributed by atoms with E-state index < -0.39 is 6.03 Å². The van der Waals surface area contributed by atoms with Gasteiger partial charge in [-0.05, 0) is 12.1 Å². The van der Waals surface area contributed by atoms with Crippen LogP contribution in [-0.4, -0.2) is 24.0 Å². The number of urea groups is 1. The van der Waals surface area contributed by atoms with Crippen LogP contribution in [0.25, 0.3) is 0 Å². The number of anilines is 1. The summed E-state index contributed by atoms with van der Waals surface area (Å²) in [5.74, 6) is -0.337. The van der Waals surface area contributed by atoms with Crippen molar-refractivity contribution in [1.29, 1.82) is 5.41 Å². The number of aromatic nitrogens is 1. The minimum absolute atomic E-state index is 0.337. The zero-order chi connectivity index (χ0) is 10.6. The topological polar surface area (TPSA) is 95.1 Å². The molecular weight excluding hydrogens is 182 g/mol. The summed E-state index contributed by atoms with van der Waals surface area (Å²) in [6, 6.07) is 2.73. The molecule has 1 heterocycles. The second kappa shape index (κ2) is 4.22. The summed E-state index contributed by atoms with van der Waals surface area (Å²) in [5, 5.41) is 9.64. The van der Waals surface area contributed by atoms with Crippen molar-refractivity contribution in [2.45, 2.75) is 0 Å². The molecule has 0 unspecified atom stereocenters. The number of nitrogens with zero attached hydrogens (tertiary/aromatic N) is 2. The molecule has 6 heteroatoms. The van der Waals surface area contributed by atoms with Gasteiger partial charge in [-0.2, -0.15) is 0 Å². The third-order valence-electron chi connectivity index (χ3n) is 1.58. The fraction of sp³-hybridized carbons (Fsp3) is 0.125. The number of guanidine groups is 1. The molecule has 1 aromatic heterocycles. The molecule has 0 aliphatic heterocycles. The maximum Gasteiger partial charge on any atom is 0.328 e. The molecule has 2 amide bonds. The molecular formula is C8H11N5O. The van der Waals surface area contributed by atoms with E-state index in [2.05, 4.69) is 10.3 Å². The van der Waals surface area contributed by atoms with Gasteiger partial charge in [0.25, 0.3) is 0 Å². The van der Waals surface area contributed by atoms with Gasteiger partial charge in [-0.1, -0.05) is 0 Å². The normalized spacial score (nSPS) is 9.21. The molecule has 0 aromatic carbocycles. The number of rotatable bonds is 1. The fourth-order valence-corrected chi connectivity index (χ4v) is 0.971. The molecule has 4 N–H and O–H groups in total. The Morgan fingerprint density at radius 1 is 1.57 bits per heavy atom. The van der Waals surface area contributed by atoms with E-state index in [1.807, 2.05) is 0 Å². The van der Waals surface area contributed by atoms with Gasteiger partial charge in [0.2, 0.25) is 5.96 Å². The monoisotopic (exact) mass is 193 g/mol. The molecule has 14 heavy (non-hydrogen) atoms. The molecule has 6 nitrogen and oxygen atoms in total. The van der Waals surface area contributed by atoms with Crippen LogP contribution in [0.3, 0.4) is 0 Å². The van der Waals surface area contributed by atoms with Crippen molar-refractivity contribution in [1.82, 2.24) is 10.3 Å². The number of amides is 2. The molecule has 0 aliphatic carbocycles. The lowest BCUT2D eigenvalue weighted by Crippen LogP contribution is -2.46. The lowest BCUT2D eigenvalue weighted by Gasteiger charge is -2.19. The Morgan fingerprint density at radius 3 is 2.57 bits per heavy atom. The number of hydrogen-bond acceptors (Lipinski definition) is 3. The Bertz CT molecular complexity index is 337. The molecule has 0 saturated carbocycles. The quantitative estimate of drug-likeness (QED) is 0.436. The van der Waals surface area contributed by atoms with Crippen molar-refractivity contribution in [3.05, 3.63) is 24.5 Å². The summed E-state index contributed by atoms with van der Waals surface area (Å²) < 4.78 is 0. The third-order valence-corrected chi connectivity index (χ3v) is 1.58. The van der Waals surface area contributed by atoms with E-state index in [1.165, 1.54) is 19.4 Å². The van der Waals surface area contributed by atoms with E-state index in [0.717, 1.165) is 4.90 Å². The van der Waals surface area contributed by atoms with Crippen LogP contribution in [0.4, 0.5) is 10.5 Å². The van der Waals surface area contributed by atoms with E-state index in [4.69, 9.17) is 11.1 Å². The molecule has 0 radical (unpaired) electrons. The van der Waals surface area contributed by atoms with Crippen LogP contribution in [0, 0.1) is 5.41 Å². The average Bonchev–Trinajstić information content (AvgIpc) is 2.19. The molecule has 0 spiro atoms. The number of nitrogens with one attached hydrogen (secondary N) is 2. The van der Waals surface area contributed by atoms with Crippen LogP contribution in [0.15, 0.2) is 24.5 Å². The first-order valence-corrected chi connectivity index (χ1v) is 3.92. The first kappa shape index (κ1) is 9.97. The lowest BCUT2D eigenvalue weighted by molar-refractivity contribution is 0.251. The number of nitrogens with two attached hydrogens (primary N) is 1. The number of carbonyl (C=O) groups excluding carboxylic acids is 1. The summed E-state index contributed by atoms with van der Waals surface area (Å²) in [6.45, 7) is 0. The highest BCUT2D eigenvalue weighted by molar-refractivity contribution is 6.13. The smallest absolute Gasteiger partial charge is 0.328 e. The van der Waals surface area contributed by atoms with Gasteiger partial charge in [0.15, 0.2) is 0 Å². The minimum Gasteiger partial charge on any atom is -0.369 e. The van der Waals surface area contributed by atoms with Gasteiger partial charge in [0.1, 0.15) is 0 Å². The van der Waals surface area contributed by atoms with Gasteiger partial charge in [0.05, 0.1) is 5.69 Å². The largest absolute Gasteiger partial charge is 0.369 e. The van der Waals surface area contributed by atoms with Crippen molar-refractivity contribution < 1.29 is 4.79 Å². The maximum atomic E-state index is 11.3. The van der Waals surface area contributed by atoms with Gasteiger partial charge in [-0.15, -0.1) is 0 Å². The predicted molar refractivity (Wildman–Crippen MR) is 53.1 cm³/mol. The van der Waals surface area contributed by atoms with Gasteiger partial charge in [0, 0.05) is 19.4 Å². The van der Waals surface area contributed by atoms with Crippen LogP contribution in [0.2, 0.25) is 0 Å². The summed E-state index contributed by atoms with van der Waals surface area (Å²) in [5.41, 5.74) is 5.78. The fourth-order valence-electron chi connectivity index (χ4n) is 0.971. The molecule has 0 atom stereocenters. The van der Waals surface area contributed by atoms with E-state index in [1.54, 1.807) is 12.1 Å². The molecule has 1 aromatic rings. The number of hydrogen-bond donors (Lipinski definition) is 3. The van der Waals surface area contributed by atoms with Crippen molar-refractivity contribution in [3.63, 3.8) is 0 Å². The Labute approximate surface area is 81.2 Å². The van der Waals surface area contributed by atoms with Crippen LogP contribution in [-0.2, 0) is 0 Å². The SMILES string of the molecule is CNC(=O)N(C(=N)N)c1ccncc1. The summed E-state index contributed by atoms with van der Waals surface area (Å²) in [7, 11) is 1.47. The summed E-state index contributed by atoms with van der Waals surface area (Å²) in [6.07, 6.45) is 3.04. The minimum atomic E-state index is -0.455. The zero-order valence-corrected chi connectivity index (χ0v) is 7.69. The number of carbonyl (C=O) groups is 1. The van der Waals surface area contributed by atoms with Crippen LogP contribution in [0.1, 0.15) is 0 Å². The highest BCUT2D eigenvalue weighted by atomic mass is 16.2. The number of pyridine rings is 1. The van der Waals surface area contributed by atoms with Crippen molar-refractivity contribution in [2.75, 3.05) is 11.9 Å². The van der Waals surface area contributed by atoms with Gasteiger partial charge < -0.3 is 11.1 Å². The first-order chi connectivity index (χ1) is 6.66. The van der Waals surface area contributed by atoms with E-state index >= 15 is 0 Å². The molecule has 0 bridgehead atoms. The molecule has 0 aliphatic rings. The average molecular weight is 193 g/mol. The first-order valence-electron chi connectivity index (χ1n) is 3.92. The Balaban J connectivity index is 3.01. The van der Waals surface area contributed by atoms with Crippen LogP contribution >= 0.6 is 0 Å². The van der Waals surface area contributed by atoms with Crippen molar-refractivity contribution >= 4 is 17.7 Å². The van der Waals surface area contributed by atoms with E-state index in [9.17, 15) is 4.79 Å². The Kier molecular flexibility index (Phi) is 3.01. The molecule has 0 fully saturated rings. The van der Waals surface area contributed by atoms with E-state index in [-0.39, 0.29) is 5.96 Å². The predicted octanol–water partition coefficient (Wildman–Crippen LogP) is 0.121. The van der Waals surface area contributed by atoms with Crippen molar-refractivity contribution in [2.24, 2.45) is 5.73 Å². The van der Waals surface area contributed by atoms with Crippen LogP contribution in [0.5, 0.6) is 0 Å². The van der Waals surface area contributed by atoms with Crippen LogP contribution < -0.4 is 16.0 Å². The van der Waals surface area contributed by atoms with Gasteiger partial charge >= 0.3 is 6.03 Å². The standard InChI is InChI=1S/C8H11N5O/c1-11-8(14)13(7(9)10)6-2-4-12-5-3-6/h2-5H,1H3,(H3,9,10)(H,11,14). The second-order valence-electron chi connectivity index (χ2n) is 2.48. The molecule has 74 valence electrons. The van der Waals surface area contributed by atoms with Crippen molar-refractivity contribution in [3.8, 4) is 0 Å². The van der Waals surface area contributed by atoms with Gasteiger partial charge in [-0.25, -0.2) is 9.69 Å². The zero-order valence-electron chi connectivity index (χ0n) is 7.69. The molecule has 1 rings (SSSR count). The summed E-state index contributed by atoms with van der Waals surface area (Å²) in [4.78, 5) is 16.2. The Morgan fingerprint density at radius 2 is 2.14 bits per heavy atom. The summed E-state index contributed by atoms with van der Waals surface area (Å²) >= 11 is 0. The Hall–Kier alpha value is -2.11. The highest BCUT2D eigenvalue weighted by Crippen LogP contribution is 2.10.